The van der Waals surface area contributed by atoms with E-state index in [0.717, 1.165) is 66.6 Å². The third kappa shape index (κ3) is 4.61. The lowest BCUT2D eigenvalue weighted by Crippen LogP contribution is -2.23. The Morgan fingerprint density at radius 2 is 1.81 bits per heavy atom. The predicted octanol–water partition coefficient (Wildman–Crippen LogP) is 4.96. The zero-order valence-corrected chi connectivity index (χ0v) is 21.3. The van der Waals surface area contributed by atoms with Crippen molar-refractivity contribution < 1.29 is 9.59 Å². The number of allylic oxidation sites excluding steroid dienone is 3. The van der Waals surface area contributed by atoms with Gasteiger partial charge in [-0.15, -0.1) is 0 Å². The van der Waals surface area contributed by atoms with Crippen LogP contribution in [0.1, 0.15) is 43.0 Å². The molecule has 0 spiro atoms. The quantitative estimate of drug-likeness (QED) is 0.422. The van der Waals surface area contributed by atoms with E-state index < -0.39 is 0 Å². The van der Waals surface area contributed by atoms with Gasteiger partial charge in [0, 0.05) is 59.8 Å². The van der Waals surface area contributed by atoms with Crippen LogP contribution in [0.15, 0.2) is 61.0 Å². The topological polar surface area (TPSA) is 59.3 Å². The van der Waals surface area contributed by atoms with Gasteiger partial charge in [0.15, 0.2) is 0 Å². The molecule has 0 saturated carbocycles. The first-order chi connectivity index (χ1) is 17.5. The molecule has 6 nitrogen and oxygen atoms in total. The molecule has 3 aromatic rings. The summed E-state index contributed by atoms with van der Waals surface area (Å²) >= 11 is 0. The lowest BCUT2D eigenvalue weighted by Gasteiger charge is -2.22. The monoisotopic (exact) mass is 482 g/mol. The molecule has 2 aliphatic rings. The lowest BCUT2D eigenvalue weighted by molar-refractivity contribution is -0.122. The van der Waals surface area contributed by atoms with Crippen molar-refractivity contribution in [2.24, 2.45) is 5.92 Å². The van der Waals surface area contributed by atoms with E-state index in [0.29, 0.717) is 17.1 Å². The maximum absolute atomic E-state index is 13.2. The molecule has 1 atom stereocenters. The number of nitrogens with one attached hydrogen (secondary N) is 1. The lowest BCUT2D eigenvalue weighted by atomic mass is 9.97. The summed E-state index contributed by atoms with van der Waals surface area (Å²) in [6, 6.07) is 10.2. The Hall–Kier alpha value is -3.64. The van der Waals surface area contributed by atoms with E-state index >= 15 is 0 Å². The van der Waals surface area contributed by atoms with Crippen LogP contribution < -0.4 is 5.32 Å². The summed E-state index contributed by atoms with van der Waals surface area (Å²) in [5.41, 5.74) is 4.67. The first-order valence-corrected chi connectivity index (χ1v) is 12.8. The number of para-hydroxylation sites is 1. The van der Waals surface area contributed by atoms with E-state index in [1.807, 2.05) is 55.6 Å². The largest absolute Gasteiger partial charge is 0.347 e. The van der Waals surface area contributed by atoms with E-state index in [4.69, 9.17) is 0 Å². The zero-order chi connectivity index (χ0) is 25.2. The number of imide groups is 1. The van der Waals surface area contributed by atoms with Gasteiger partial charge in [-0.3, -0.25) is 14.9 Å². The van der Waals surface area contributed by atoms with Crippen molar-refractivity contribution in [3.63, 3.8) is 0 Å². The fourth-order valence-corrected chi connectivity index (χ4v) is 5.60. The van der Waals surface area contributed by atoms with Gasteiger partial charge in [-0.25, -0.2) is 0 Å². The first-order valence-electron chi connectivity index (χ1n) is 12.8. The van der Waals surface area contributed by atoms with Crippen LogP contribution in [0.5, 0.6) is 0 Å². The molecule has 4 bridgehead atoms. The van der Waals surface area contributed by atoms with Gasteiger partial charge in [0.05, 0.1) is 11.1 Å². The van der Waals surface area contributed by atoms with Gasteiger partial charge < -0.3 is 14.0 Å². The van der Waals surface area contributed by atoms with Crippen LogP contribution in [0.25, 0.3) is 28.1 Å². The molecule has 36 heavy (non-hydrogen) atoms. The highest BCUT2D eigenvalue weighted by atomic mass is 16.2. The highest BCUT2D eigenvalue weighted by Crippen LogP contribution is 2.37. The molecule has 1 aromatic carbocycles. The average Bonchev–Trinajstić information content (AvgIpc) is 3.49. The van der Waals surface area contributed by atoms with E-state index in [1.165, 1.54) is 0 Å². The molecule has 6 heteroatoms. The van der Waals surface area contributed by atoms with Gasteiger partial charge in [-0.2, -0.15) is 0 Å². The normalized spacial score (nSPS) is 19.1. The van der Waals surface area contributed by atoms with Gasteiger partial charge >= 0.3 is 0 Å². The Morgan fingerprint density at radius 1 is 1.00 bits per heavy atom. The number of carbonyl (C=O) groups excluding carboxylic acids is 2. The summed E-state index contributed by atoms with van der Waals surface area (Å²) < 4.78 is 4.48. The van der Waals surface area contributed by atoms with Crippen LogP contribution in [0.3, 0.4) is 0 Å². The third-order valence-electron chi connectivity index (χ3n) is 7.19. The smallest absolute Gasteiger partial charge is 0.259 e. The van der Waals surface area contributed by atoms with Crippen LogP contribution in [0.4, 0.5) is 0 Å². The van der Waals surface area contributed by atoms with E-state index in [1.54, 1.807) is 0 Å². The average molecular weight is 483 g/mol. The summed E-state index contributed by atoms with van der Waals surface area (Å²) in [6.45, 7) is 4.77. The molecule has 4 heterocycles. The Labute approximate surface area is 212 Å². The van der Waals surface area contributed by atoms with Crippen molar-refractivity contribution in [2.75, 3.05) is 20.6 Å². The maximum atomic E-state index is 13.2. The number of aryl methyl sites for hydroxylation is 2. The minimum atomic E-state index is -0.328. The molecule has 2 aromatic heterocycles. The summed E-state index contributed by atoms with van der Waals surface area (Å²) in [5, 5.41) is 3.57. The molecule has 1 unspecified atom stereocenters. The molecule has 186 valence electrons. The highest BCUT2D eigenvalue weighted by Gasteiger charge is 2.34. The number of hydrogen-bond acceptors (Lipinski definition) is 3. The number of carbonyl (C=O) groups is 2. The second-order valence-corrected chi connectivity index (χ2v) is 10.1. The second kappa shape index (κ2) is 10.2. The number of aromatic nitrogens is 2. The predicted molar refractivity (Wildman–Crippen MR) is 146 cm³/mol. The number of hydrogen-bond donors (Lipinski definition) is 1. The van der Waals surface area contributed by atoms with Crippen molar-refractivity contribution in [2.45, 2.75) is 39.3 Å². The number of amides is 2. The molecule has 0 saturated heterocycles. The van der Waals surface area contributed by atoms with E-state index in [9.17, 15) is 9.59 Å². The highest BCUT2D eigenvalue weighted by molar-refractivity contribution is 6.50. The van der Waals surface area contributed by atoms with Gasteiger partial charge in [0.25, 0.3) is 11.8 Å². The molecule has 0 fully saturated rings. The fourth-order valence-electron chi connectivity index (χ4n) is 5.60. The molecule has 2 aliphatic heterocycles. The van der Waals surface area contributed by atoms with Gasteiger partial charge in [0.2, 0.25) is 0 Å². The molecule has 0 aliphatic carbocycles. The zero-order valence-electron chi connectivity index (χ0n) is 21.3. The molecule has 5 rings (SSSR count). The minimum Gasteiger partial charge on any atom is -0.347 e. The van der Waals surface area contributed by atoms with Crippen LogP contribution in [0.2, 0.25) is 0 Å². The number of benzene rings is 1. The van der Waals surface area contributed by atoms with Gasteiger partial charge in [-0.1, -0.05) is 36.4 Å². The summed E-state index contributed by atoms with van der Waals surface area (Å²) in [7, 11) is 4.28. The standard InChI is InChI=1S/C30H34N4O2/c1-4-5-6-11-23-17-22-19-33(23)15-9-10-21(18-32(2)3)14-16-34-20-25(24-12-7-8-13-26(24)34)28-27(22)29(35)31-30(28)36/h4-8,11-13,17,19-21H,9-10,14-16,18H2,1-3H3,(H,31,35,36)/b5-4-,11-6-. The second-order valence-electron chi connectivity index (χ2n) is 10.1. The van der Waals surface area contributed by atoms with Gasteiger partial charge in [-0.05, 0) is 64.4 Å². The molecule has 0 radical (unpaired) electrons. The Bertz CT molecular complexity index is 1400. The van der Waals surface area contributed by atoms with Crippen molar-refractivity contribution in [3.8, 4) is 0 Å². The molecule has 1 N–H and O–H groups in total. The van der Waals surface area contributed by atoms with Crippen LogP contribution in [-0.4, -0.2) is 46.5 Å². The van der Waals surface area contributed by atoms with Crippen LogP contribution in [-0.2, 0) is 22.7 Å². The number of nitrogens with zero attached hydrogens (tertiary/aromatic N) is 3. The number of fused-ring (bicyclic) bond motifs is 9. The van der Waals surface area contributed by atoms with Crippen LogP contribution >= 0.6 is 0 Å². The Kier molecular flexibility index (Phi) is 6.79. The Balaban J connectivity index is 1.71. The molecular weight excluding hydrogens is 448 g/mol. The summed E-state index contributed by atoms with van der Waals surface area (Å²) in [4.78, 5) is 28.5. The maximum Gasteiger partial charge on any atom is 0.259 e. The van der Waals surface area contributed by atoms with Crippen molar-refractivity contribution >= 4 is 39.9 Å². The van der Waals surface area contributed by atoms with Gasteiger partial charge in [0.1, 0.15) is 0 Å². The summed E-state index contributed by atoms with van der Waals surface area (Å²) in [6.07, 6.45) is 15.4. The van der Waals surface area contributed by atoms with Crippen molar-refractivity contribution in [1.82, 2.24) is 19.4 Å². The van der Waals surface area contributed by atoms with E-state index in [2.05, 4.69) is 51.8 Å². The summed E-state index contributed by atoms with van der Waals surface area (Å²) in [5.74, 6) is -0.0870. The third-order valence-corrected chi connectivity index (χ3v) is 7.19. The van der Waals surface area contributed by atoms with Crippen molar-refractivity contribution in [3.05, 3.63) is 77.8 Å². The van der Waals surface area contributed by atoms with Crippen LogP contribution in [0, 0.1) is 5.92 Å². The first kappa shape index (κ1) is 24.1. The van der Waals surface area contributed by atoms with E-state index in [-0.39, 0.29) is 11.8 Å². The fraction of sp³-hybridized carbons (Fsp3) is 0.333. The minimum absolute atomic E-state index is 0.325. The molecule has 2 amide bonds. The van der Waals surface area contributed by atoms with Crippen molar-refractivity contribution in [1.29, 1.82) is 0 Å². The number of rotatable bonds is 4. The Morgan fingerprint density at radius 3 is 2.61 bits per heavy atom. The SMILES string of the molecule is C/C=C\C=C/c1cc2cn1CCCC(CN(C)C)CCn1cc(c3ccccc31)C1=C2C(=O)NC1=O. The molecular formula is C30H34N4O2.